The summed E-state index contributed by atoms with van der Waals surface area (Å²) in [6.45, 7) is 17.8. The van der Waals surface area contributed by atoms with Crippen molar-refractivity contribution < 1.29 is 71.9 Å². The van der Waals surface area contributed by atoms with Gasteiger partial charge in [-0.3, -0.25) is 19.2 Å². The molecule has 4 aliphatic heterocycles. The quantitative estimate of drug-likeness (QED) is 0.128. The number of hydrogen-bond acceptors (Lipinski definition) is 16. The Hall–Kier alpha value is -11.8. The molecule has 4 amide bonds. The Balaban J connectivity index is 0.000000139. The van der Waals surface area contributed by atoms with E-state index in [0.717, 1.165) is 75.1 Å². The summed E-state index contributed by atoms with van der Waals surface area (Å²) >= 11 is 23.8. The average molecular weight is 1760 g/mol. The van der Waals surface area contributed by atoms with E-state index in [-0.39, 0.29) is 28.8 Å². The van der Waals surface area contributed by atoms with Crippen LogP contribution in [-0.2, 0) is 50.4 Å². The second-order valence-corrected chi connectivity index (χ2v) is 30.4. The molecule has 12 heterocycles. The van der Waals surface area contributed by atoms with E-state index in [0.29, 0.717) is 91.4 Å². The fourth-order valence-electron chi connectivity index (χ4n) is 14.7. The lowest BCUT2D eigenvalue weighted by molar-refractivity contribution is -0.138. The Kier molecular flexibility index (Phi) is 24.8. The third-order valence-electron chi connectivity index (χ3n) is 20.8. The molecule has 121 heavy (non-hydrogen) atoms. The van der Waals surface area contributed by atoms with Gasteiger partial charge in [0.2, 0.25) is 0 Å². The van der Waals surface area contributed by atoms with Crippen molar-refractivity contribution in [1.82, 2.24) is 99.5 Å². The van der Waals surface area contributed by atoms with Gasteiger partial charge < -0.3 is 19.6 Å². The molecule has 4 atom stereocenters. The second-order valence-electron chi connectivity index (χ2n) is 28.9. The topological polar surface area (TPSA) is 256 Å². The SMILES string of the molecule is Cc1cc(C)nc(-n2nnc3c2CCN(C(=O)c2cccc(C(F)(F)F)c2Cl)C3C)c1.Cc1ccc(-n2nnc3c2CCN(C(=O)c2cccc(C(F)(F)F)c2Cl)C3C)nc1.Cc1cccc(-n2nnc3c2CCN(C(=O)c2cccc(C(F)(F)F)c2Cl)C3C)n1.Cc1ccnc(-n2nnc3c2CCN(C(=O)c2cccc(C(F)(F)F)c2Cl)C3C)c1. The molecular weight excluding hydrogens is 1690 g/mol. The molecule has 12 aromatic rings. The van der Waals surface area contributed by atoms with Gasteiger partial charge in [-0.1, -0.05) is 104 Å². The van der Waals surface area contributed by atoms with Crippen LogP contribution in [0.2, 0.25) is 20.1 Å². The van der Waals surface area contributed by atoms with Crippen molar-refractivity contribution in [2.24, 2.45) is 0 Å². The van der Waals surface area contributed by atoms with Crippen molar-refractivity contribution in [1.29, 1.82) is 0 Å². The number of hydrogen-bond donors (Lipinski definition) is 0. The monoisotopic (exact) mass is 1750 g/mol. The Labute approximate surface area is 702 Å². The highest BCUT2D eigenvalue weighted by Gasteiger charge is 2.44. The number of carbonyl (C=O) groups is 4. The van der Waals surface area contributed by atoms with Crippen molar-refractivity contribution in [2.45, 2.75) is 137 Å². The number of aromatic nitrogens is 16. The molecule has 0 saturated carbocycles. The minimum Gasteiger partial charge on any atom is -0.330 e. The molecule has 4 unspecified atom stereocenters. The summed E-state index contributed by atoms with van der Waals surface area (Å²) in [6, 6.07) is 28.3. The van der Waals surface area contributed by atoms with Crippen LogP contribution in [-0.4, -0.2) is 149 Å². The van der Waals surface area contributed by atoms with Crippen molar-refractivity contribution in [3.63, 3.8) is 0 Å². The molecule has 24 nitrogen and oxygen atoms in total. The number of alkyl halides is 12. The number of nitrogens with zero attached hydrogens (tertiary/aromatic N) is 20. The summed E-state index contributed by atoms with van der Waals surface area (Å²) in [5, 5.41) is 31.3. The Morgan fingerprint density at radius 3 is 0.967 bits per heavy atom. The molecule has 0 radical (unpaired) electrons. The van der Waals surface area contributed by atoms with Crippen molar-refractivity contribution in [2.75, 3.05) is 26.2 Å². The van der Waals surface area contributed by atoms with Crippen LogP contribution in [0.1, 0.15) is 189 Å². The molecule has 4 aromatic carbocycles. The smallest absolute Gasteiger partial charge is 0.330 e. The molecule has 630 valence electrons. The standard InChI is InChI=1S/C21H19ClF3N5O.3C20H17ClF3N5O/c1-11-9-12(2)26-17(10-11)30-16-7-8-29(13(3)19(16)27-28-30)20(31)14-5-4-6-15(18(14)22)21(23,24)25;1-11-5-3-8-16(25-11)29-15-9-10-28(12(2)18(15)26-27-29)19(30)13-6-4-7-14(17(13)21)20(22,23)24;1-11-6-8-25-16(10-11)29-15-7-9-28(12(2)18(15)26-27-29)19(30)13-4-3-5-14(17(13)21)20(22,23)24;1-11-6-7-16(25-10-11)29-15-8-9-28(12(2)18(15)26-27-29)19(30)13-4-3-5-14(17(13)21)20(22,23)24/h4-6,9-10,13H,7-8H2,1-3H3;3-8,12H,9-10H2,1-2H3;3-6,8,10,12H,7,9H2,1-2H3;3-7,10,12H,8-9H2,1-2H3. The van der Waals surface area contributed by atoms with Gasteiger partial charge in [-0.15, -0.1) is 20.4 Å². The van der Waals surface area contributed by atoms with E-state index in [9.17, 15) is 71.9 Å². The lowest BCUT2D eigenvalue weighted by Gasteiger charge is -2.33. The summed E-state index contributed by atoms with van der Waals surface area (Å²) < 4.78 is 165. The number of carbonyl (C=O) groups excluding carboxylic acids is 4. The summed E-state index contributed by atoms with van der Waals surface area (Å²) in [5.41, 5.74) is 5.49. The summed E-state index contributed by atoms with van der Waals surface area (Å²) in [4.78, 5) is 75.7. The molecule has 0 bridgehead atoms. The Morgan fingerprint density at radius 1 is 0.339 bits per heavy atom. The van der Waals surface area contributed by atoms with E-state index < -0.39 is 115 Å². The highest BCUT2D eigenvalue weighted by molar-refractivity contribution is 6.36. The minimum absolute atomic E-state index is 0.185. The highest BCUT2D eigenvalue weighted by atomic mass is 35.5. The van der Waals surface area contributed by atoms with E-state index >= 15 is 0 Å². The van der Waals surface area contributed by atoms with Crippen LogP contribution >= 0.6 is 46.4 Å². The first-order chi connectivity index (χ1) is 57.1. The molecule has 0 spiro atoms. The van der Waals surface area contributed by atoms with Gasteiger partial charge in [0.25, 0.3) is 23.6 Å². The van der Waals surface area contributed by atoms with Gasteiger partial charge in [-0.2, -0.15) is 71.4 Å². The zero-order chi connectivity index (χ0) is 87.4. The zero-order valence-corrected chi connectivity index (χ0v) is 68.4. The predicted molar refractivity (Wildman–Crippen MR) is 419 cm³/mol. The van der Waals surface area contributed by atoms with Crippen LogP contribution in [0.25, 0.3) is 23.3 Å². The predicted octanol–water partition coefficient (Wildman–Crippen LogP) is 17.9. The molecule has 0 N–H and O–H groups in total. The first kappa shape index (κ1) is 87.1. The van der Waals surface area contributed by atoms with E-state index in [1.165, 1.54) is 68.1 Å². The summed E-state index contributed by atoms with van der Waals surface area (Å²) in [7, 11) is 0. The van der Waals surface area contributed by atoms with E-state index in [1.54, 1.807) is 58.8 Å². The van der Waals surface area contributed by atoms with Gasteiger partial charge in [-0.05, 0) is 170 Å². The number of amides is 4. The number of benzene rings is 4. The molecule has 4 aliphatic rings. The lowest BCUT2D eigenvalue weighted by Crippen LogP contribution is -2.39. The maximum absolute atomic E-state index is 13.2. The van der Waals surface area contributed by atoms with Crippen LogP contribution in [0.4, 0.5) is 52.7 Å². The van der Waals surface area contributed by atoms with Crippen LogP contribution in [0.15, 0.2) is 140 Å². The van der Waals surface area contributed by atoms with Crippen LogP contribution < -0.4 is 0 Å². The van der Waals surface area contributed by atoms with E-state index in [4.69, 9.17) is 46.4 Å². The Morgan fingerprint density at radius 2 is 0.653 bits per heavy atom. The molecular formula is C81H70Cl4F12N20O4. The first-order valence-electron chi connectivity index (χ1n) is 37.3. The van der Waals surface area contributed by atoms with Gasteiger partial charge in [-0.25, -0.2) is 19.9 Å². The third kappa shape index (κ3) is 17.8. The number of fused-ring (bicyclic) bond motifs is 4. The molecule has 16 rings (SSSR count). The van der Waals surface area contributed by atoms with Crippen molar-refractivity contribution in [3.05, 3.63) is 278 Å². The number of pyridine rings is 4. The van der Waals surface area contributed by atoms with Crippen LogP contribution in [0.5, 0.6) is 0 Å². The highest BCUT2D eigenvalue weighted by Crippen LogP contribution is 2.44. The normalized spacial score (nSPS) is 16.4. The summed E-state index contributed by atoms with van der Waals surface area (Å²) in [5.74, 6) is 0.190. The largest absolute Gasteiger partial charge is 0.417 e. The molecule has 8 aromatic heterocycles. The Bertz CT molecular complexity index is 5770. The maximum Gasteiger partial charge on any atom is 0.417 e. The molecule has 0 fully saturated rings. The molecule has 0 saturated heterocycles. The van der Waals surface area contributed by atoms with Crippen LogP contribution in [0.3, 0.4) is 0 Å². The van der Waals surface area contributed by atoms with Gasteiger partial charge in [0.15, 0.2) is 23.3 Å². The van der Waals surface area contributed by atoms with E-state index in [1.807, 2.05) is 89.2 Å². The van der Waals surface area contributed by atoms with Gasteiger partial charge in [0.1, 0.15) is 22.8 Å². The van der Waals surface area contributed by atoms with Crippen molar-refractivity contribution in [3.8, 4) is 23.3 Å². The van der Waals surface area contributed by atoms with Crippen molar-refractivity contribution >= 4 is 70.0 Å². The third-order valence-corrected chi connectivity index (χ3v) is 22.4. The van der Waals surface area contributed by atoms with Gasteiger partial charge >= 0.3 is 24.7 Å². The average Bonchev–Trinajstić information content (AvgIpc) is 1.65. The second kappa shape index (κ2) is 34.4. The molecule has 0 aliphatic carbocycles. The number of halogens is 16. The minimum atomic E-state index is -4.64. The van der Waals surface area contributed by atoms with Gasteiger partial charge in [0, 0.05) is 75.6 Å². The zero-order valence-electron chi connectivity index (χ0n) is 65.4. The van der Waals surface area contributed by atoms with E-state index in [2.05, 4.69) is 61.2 Å². The number of aryl methyl sites for hydroxylation is 5. The van der Waals surface area contributed by atoms with Crippen LogP contribution in [0, 0.1) is 34.6 Å². The fourth-order valence-corrected chi connectivity index (χ4v) is 15.9. The maximum atomic E-state index is 13.2. The summed E-state index contributed by atoms with van der Waals surface area (Å²) in [6.07, 6.45) is -13.4. The van der Waals surface area contributed by atoms with Gasteiger partial charge in [0.05, 0.1) is 112 Å². The first-order valence-corrected chi connectivity index (χ1v) is 38.8. The fraction of sp³-hybridized carbons (Fsp3) is 0.309. The lowest BCUT2D eigenvalue weighted by atomic mass is 10.0. The molecule has 40 heteroatoms. The number of rotatable bonds is 8.